The van der Waals surface area contributed by atoms with E-state index < -0.39 is 0 Å². The van der Waals surface area contributed by atoms with Crippen LogP contribution in [0.1, 0.15) is 37.6 Å². The first kappa shape index (κ1) is 13.3. The zero-order chi connectivity index (χ0) is 12.8. The number of nitrogens with zero attached hydrogens (tertiary/aromatic N) is 2. The highest BCUT2D eigenvalue weighted by atomic mass is 32.1. The lowest BCUT2D eigenvalue weighted by molar-refractivity contribution is 0.479. The highest BCUT2D eigenvalue weighted by molar-refractivity contribution is 7.07. The molecule has 1 unspecified atom stereocenters. The summed E-state index contributed by atoms with van der Waals surface area (Å²) in [5.41, 5.74) is 2.69. The van der Waals surface area contributed by atoms with E-state index in [1.165, 1.54) is 11.3 Å². The van der Waals surface area contributed by atoms with Gasteiger partial charge in [-0.15, -0.1) is 0 Å². The molecule has 0 radical (unpaired) electrons. The predicted molar refractivity (Wildman–Crippen MR) is 77.0 cm³/mol. The van der Waals surface area contributed by atoms with Crippen molar-refractivity contribution in [2.24, 2.45) is 0 Å². The van der Waals surface area contributed by atoms with E-state index >= 15 is 0 Å². The van der Waals surface area contributed by atoms with E-state index in [2.05, 4.69) is 51.8 Å². The van der Waals surface area contributed by atoms with Crippen molar-refractivity contribution in [1.82, 2.24) is 15.1 Å². The Morgan fingerprint density at radius 2 is 2.28 bits per heavy atom. The predicted octanol–water partition coefficient (Wildman–Crippen LogP) is 3.25. The summed E-state index contributed by atoms with van der Waals surface area (Å²) in [5, 5.41) is 12.4. The zero-order valence-corrected chi connectivity index (χ0v) is 11.9. The Labute approximate surface area is 113 Å². The minimum Gasteiger partial charge on any atom is -0.308 e. The fourth-order valence-corrected chi connectivity index (χ4v) is 2.83. The number of aryl methyl sites for hydroxylation is 1. The molecule has 0 saturated heterocycles. The van der Waals surface area contributed by atoms with Gasteiger partial charge in [0.05, 0.1) is 11.7 Å². The van der Waals surface area contributed by atoms with Crippen molar-refractivity contribution >= 4 is 11.3 Å². The second-order valence-electron chi connectivity index (χ2n) is 4.41. The molecule has 1 N–H and O–H groups in total. The van der Waals surface area contributed by atoms with Crippen LogP contribution in [0.15, 0.2) is 29.1 Å². The van der Waals surface area contributed by atoms with Crippen LogP contribution in [0.3, 0.4) is 0 Å². The average molecular weight is 263 g/mol. The van der Waals surface area contributed by atoms with Gasteiger partial charge in [-0.1, -0.05) is 6.92 Å². The van der Waals surface area contributed by atoms with Crippen LogP contribution >= 0.6 is 11.3 Å². The second-order valence-corrected chi connectivity index (χ2v) is 5.19. The second kappa shape index (κ2) is 6.71. The van der Waals surface area contributed by atoms with Crippen LogP contribution in [0.2, 0.25) is 0 Å². The standard InChI is InChI=1S/C14H21N3S/c1-3-7-15-13(10-12-6-9-18-11-12)14-5-8-16-17(14)4-2/h5-6,8-9,11,13,15H,3-4,7,10H2,1-2H3. The third-order valence-electron chi connectivity index (χ3n) is 3.07. The van der Waals surface area contributed by atoms with E-state index in [1.807, 2.05) is 6.20 Å². The normalized spacial score (nSPS) is 12.8. The molecule has 0 aliphatic heterocycles. The summed E-state index contributed by atoms with van der Waals surface area (Å²) >= 11 is 1.76. The lowest BCUT2D eigenvalue weighted by Gasteiger charge is -2.19. The Hall–Kier alpha value is -1.13. The molecule has 2 heterocycles. The number of hydrogen-bond donors (Lipinski definition) is 1. The number of aromatic nitrogens is 2. The van der Waals surface area contributed by atoms with E-state index in [0.717, 1.165) is 25.9 Å². The van der Waals surface area contributed by atoms with Crippen molar-refractivity contribution in [1.29, 1.82) is 0 Å². The number of thiophene rings is 1. The van der Waals surface area contributed by atoms with Gasteiger partial charge in [0.25, 0.3) is 0 Å². The maximum Gasteiger partial charge on any atom is 0.0556 e. The molecule has 0 bridgehead atoms. The third-order valence-corrected chi connectivity index (χ3v) is 3.80. The fraction of sp³-hybridized carbons (Fsp3) is 0.500. The average Bonchev–Trinajstić information content (AvgIpc) is 3.04. The highest BCUT2D eigenvalue weighted by Gasteiger charge is 2.15. The number of rotatable bonds is 7. The van der Waals surface area contributed by atoms with Gasteiger partial charge in [0.2, 0.25) is 0 Å². The molecule has 1 atom stereocenters. The Balaban J connectivity index is 2.14. The van der Waals surface area contributed by atoms with Gasteiger partial charge in [0.1, 0.15) is 0 Å². The summed E-state index contributed by atoms with van der Waals surface area (Å²) in [6.07, 6.45) is 4.09. The molecule has 18 heavy (non-hydrogen) atoms. The van der Waals surface area contributed by atoms with Crippen LogP contribution < -0.4 is 5.32 Å². The number of hydrogen-bond acceptors (Lipinski definition) is 3. The van der Waals surface area contributed by atoms with Crippen LogP contribution in [0.5, 0.6) is 0 Å². The topological polar surface area (TPSA) is 29.9 Å². The van der Waals surface area contributed by atoms with Crippen molar-refractivity contribution in [2.45, 2.75) is 39.3 Å². The van der Waals surface area contributed by atoms with Crippen molar-refractivity contribution in [3.63, 3.8) is 0 Å². The molecule has 0 fully saturated rings. The molecule has 0 spiro atoms. The van der Waals surface area contributed by atoms with Gasteiger partial charge >= 0.3 is 0 Å². The number of nitrogens with one attached hydrogen (secondary N) is 1. The first-order valence-corrected chi connectivity index (χ1v) is 7.55. The molecule has 4 heteroatoms. The van der Waals surface area contributed by atoms with Gasteiger partial charge in [0.15, 0.2) is 0 Å². The lowest BCUT2D eigenvalue weighted by Crippen LogP contribution is -2.26. The molecule has 0 aliphatic carbocycles. The van der Waals surface area contributed by atoms with Crippen LogP contribution in [-0.4, -0.2) is 16.3 Å². The zero-order valence-electron chi connectivity index (χ0n) is 11.1. The Morgan fingerprint density at radius 1 is 1.39 bits per heavy atom. The van der Waals surface area contributed by atoms with E-state index in [1.54, 1.807) is 11.3 Å². The third kappa shape index (κ3) is 3.21. The molecular formula is C14H21N3S. The van der Waals surface area contributed by atoms with Gasteiger partial charge in [-0.25, -0.2) is 0 Å². The van der Waals surface area contributed by atoms with Gasteiger partial charge in [-0.3, -0.25) is 4.68 Å². The van der Waals surface area contributed by atoms with E-state index in [0.29, 0.717) is 6.04 Å². The van der Waals surface area contributed by atoms with Crippen LogP contribution in [0.25, 0.3) is 0 Å². The minimum absolute atomic E-state index is 0.363. The molecule has 0 aliphatic rings. The minimum atomic E-state index is 0.363. The SMILES string of the molecule is CCCNC(Cc1ccsc1)c1ccnn1CC. The van der Waals surface area contributed by atoms with Gasteiger partial charge in [0, 0.05) is 12.7 Å². The lowest BCUT2D eigenvalue weighted by atomic mass is 10.1. The maximum absolute atomic E-state index is 4.37. The van der Waals surface area contributed by atoms with Gasteiger partial charge in [-0.2, -0.15) is 16.4 Å². The summed E-state index contributed by atoms with van der Waals surface area (Å²) in [6.45, 7) is 6.31. The fourth-order valence-electron chi connectivity index (χ4n) is 2.15. The molecule has 2 rings (SSSR count). The van der Waals surface area contributed by atoms with Crippen molar-refractivity contribution in [3.8, 4) is 0 Å². The molecule has 0 aromatic carbocycles. The van der Waals surface area contributed by atoms with Crippen LogP contribution in [0, 0.1) is 0 Å². The first-order chi connectivity index (χ1) is 8.85. The molecule has 0 amide bonds. The molecule has 2 aromatic heterocycles. The molecular weight excluding hydrogens is 242 g/mol. The van der Waals surface area contributed by atoms with Crippen molar-refractivity contribution < 1.29 is 0 Å². The highest BCUT2D eigenvalue weighted by Crippen LogP contribution is 2.20. The smallest absolute Gasteiger partial charge is 0.0556 e. The summed E-state index contributed by atoms with van der Waals surface area (Å²) in [5.74, 6) is 0. The van der Waals surface area contributed by atoms with Crippen LogP contribution in [0.4, 0.5) is 0 Å². The Bertz CT molecular complexity index is 447. The van der Waals surface area contributed by atoms with Crippen LogP contribution in [-0.2, 0) is 13.0 Å². The monoisotopic (exact) mass is 263 g/mol. The summed E-state index contributed by atoms with van der Waals surface area (Å²) in [6, 6.07) is 4.70. The summed E-state index contributed by atoms with van der Waals surface area (Å²) in [4.78, 5) is 0. The Morgan fingerprint density at radius 3 is 2.94 bits per heavy atom. The Kier molecular flexibility index (Phi) is 4.96. The first-order valence-electron chi connectivity index (χ1n) is 6.61. The molecule has 0 saturated carbocycles. The van der Waals surface area contributed by atoms with Crippen molar-refractivity contribution in [2.75, 3.05) is 6.54 Å². The van der Waals surface area contributed by atoms with Crippen molar-refractivity contribution in [3.05, 3.63) is 40.3 Å². The maximum atomic E-state index is 4.37. The quantitative estimate of drug-likeness (QED) is 0.831. The van der Waals surface area contributed by atoms with Gasteiger partial charge in [-0.05, 0) is 54.8 Å². The largest absolute Gasteiger partial charge is 0.308 e. The van der Waals surface area contributed by atoms with E-state index in [4.69, 9.17) is 0 Å². The van der Waals surface area contributed by atoms with Gasteiger partial charge < -0.3 is 5.32 Å². The van der Waals surface area contributed by atoms with E-state index in [9.17, 15) is 0 Å². The van der Waals surface area contributed by atoms with E-state index in [-0.39, 0.29) is 0 Å². The molecule has 98 valence electrons. The summed E-state index contributed by atoms with van der Waals surface area (Å²) < 4.78 is 2.08. The molecule has 3 nitrogen and oxygen atoms in total. The summed E-state index contributed by atoms with van der Waals surface area (Å²) in [7, 11) is 0. The molecule has 2 aromatic rings.